The number of carbonyl (C=O) groups excluding carboxylic acids is 1. The topological polar surface area (TPSA) is 72.2 Å². The highest BCUT2D eigenvalue weighted by Gasteiger charge is 2.17. The number of nitrogens with zero attached hydrogens (tertiary/aromatic N) is 4. The quantitative estimate of drug-likeness (QED) is 0.183. The van der Waals surface area contributed by atoms with Gasteiger partial charge in [0.25, 0.3) is 5.91 Å². The van der Waals surface area contributed by atoms with Crippen LogP contribution in [0.5, 0.6) is 0 Å². The molecule has 0 aliphatic rings. The van der Waals surface area contributed by atoms with Crippen molar-refractivity contribution >= 4 is 46.6 Å². The van der Waals surface area contributed by atoms with Crippen LogP contribution < -0.4 is 5.43 Å². The molecule has 0 radical (unpaired) electrons. The second-order valence-electron chi connectivity index (χ2n) is 7.51. The molecule has 1 heterocycles. The Labute approximate surface area is 212 Å². The minimum absolute atomic E-state index is 0.127. The molecule has 9 heteroatoms. The van der Waals surface area contributed by atoms with E-state index in [2.05, 4.69) is 20.7 Å². The average Bonchev–Trinajstić information content (AvgIpc) is 3.26. The van der Waals surface area contributed by atoms with Crippen LogP contribution in [0.4, 0.5) is 0 Å². The van der Waals surface area contributed by atoms with Gasteiger partial charge >= 0.3 is 0 Å². The molecule has 1 aromatic heterocycles. The third-order valence-corrected chi connectivity index (χ3v) is 6.40. The molecule has 0 atom stereocenters. The van der Waals surface area contributed by atoms with Gasteiger partial charge in [-0.3, -0.25) is 9.36 Å². The number of thioether (sulfide) groups is 1. The Bertz CT molecular complexity index is 1320. The Kier molecular flexibility index (Phi) is 7.67. The van der Waals surface area contributed by atoms with Gasteiger partial charge in [-0.25, -0.2) is 5.43 Å². The molecule has 1 N–H and O–H groups in total. The Hall–Kier alpha value is -3.13. The first kappa shape index (κ1) is 24.0. The highest BCUT2D eigenvalue weighted by Crippen LogP contribution is 2.28. The van der Waals surface area contributed by atoms with Gasteiger partial charge in [-0.15, -0.1) is 10.2 Å². The number of amides is 1. The van der Waals surface area contributed by atoms with E-state index < -0.39 is 0 Å². The lowest BCUT2D eigenvalue weighted by Crippen LogP contribution is -2.21. The number of rotatable bonds is 7. The molecule has 172 valence electrons. The van der Waals surface area contributed by atoms with Gasteiger partial charge < -0.3 is 0 Å². The lowest BCUT2D eigenvalue weighted by Gasteiger charge is -2.11. The Morgan fingerprint density at radius 3 is 2.21 bits per heavy atom. The normalized spacial score (nSPS) is 11.5. The predicted molar refractivity (Wildman–Crippen MR) is 139 cm³/mol. The lowest BCUT2D eigenvalue weighted by molar-refractivity contribution is -0.118. The molecule has 0 spiro atoms. The fraction of sp³-hybridized carbons (Fsp3) is 0.120. The molecular weight excluding hydrogens is 489 g/mol. The zero-order valence-electron chi connectivity index (χ0n) is 18.5. The summed E-state index contributed by atoms with van der Waals surface area (Å²) in [6.07, 6.45) is 0. The number of aromatic nitrogens is 3. The van der Waals surface area contributed by atoms with E-state index >= 15 is 0 Å². The molecule has 1 amide bonds. The van der Waals surface area contributed by atoms with Crippen molar-refractivity contribution < 1.29 is 4.79 Å². The van der Waals surface area contributed by atoms with Gasteiger partial charge in [-0.1, -0.05) is 64.8 Å². The Morgan fingerprint density at radius 1 is 0.941 bits per heavy atom. The molecule has 4 rings (SSSR count). The van der Waals surface area contributed by atoms with Crippen LogP contribution in [0.15, 0.2) is 83.1 Å². The van der Waals surface area contributed by atoms with Crippen LogP contribution in [0.2, 0.25) is 10.0 Å². The van der Waals surface area contributed by atoms with E-state index in [0.717, 1.165) is 22.4 Å². The van der Waals surface area contributed by atoms with Crippen LogP contribution in [-0.4, -0.2) is 32.1 Å². The summed E-state index contributed by atoms with van der Waals surface area (Å²) in [4.78, 5) is 12.5. The summed E-state index contributed by atoms with van der Waals surface area (Å²) in [5.74, 6) is 0.548. The van der Waals surface area contributed by atoms with E-state index in [-0.39, 0.29) is 11.7 Å². The van der Waals surface area contributed by atoms with Crippen molar-refractivity contribution in [2.45, 2.75) is 19.0 Å². The second kappa shape index (κ2) is 10.9. The highest BCUT2D eigenvalue weighted by atomic mass is 35.5. The van der Waals surface area contributed by atoms with Crippen molar-refractivity contribution in [1.29, 1.82) is 0 Å². The highest BCUT2D eigenvalue weighted by molar-refractivity contribution is 7.99. The summed E-state index contributed by atoms with van der Waals surface area (Å²) in [6.45, 7) is 3.85. The van der Waals surface area contributed by atoms with Gasteiger partial charge in [0.2, 0.25) is 0 Å². The van der Waals surface area contributed by atoms with Crippen LogP contribution in [0.3, 0.4) is 0 Å². The monoisotopic (exact) mass is 509 g/mol. The van der Waals surface area contributed by atoms with Crippen LogP contribution in [-0.2, 0) is 4.79 Å². The SMILES string of the molecule is C/C(=N/NC(=O)CSc1nnc(-c2ccc(Cl)cc2)n1-c1ccc(C)cc1)c1ccc(Cl)cc1. The van der Waals surface area contributed by atoms with Gasteiger partial charge in [0, 0.05) is 21.3 Å². The van der Waals surface area contributed by atoms with Crippen LogP contribution in [0.1, 0.15) is 18.1 Å². The Balaban J connectivity index is 1.52. The first-order chi connectivity index (χ1) is 16.4. The number of hydrazone groups is 1. The van der Waals surface area contributed by atoms with Gasteiger partial charge in [0.05, 0.1) is 11.5 Å². The number of benzene rings is 3. The van der Waals surface area contributed by atoms with Gasteiger partial charge in [-0.05, 0) is 67.9 Å². The lowest BCUT2D eigenvalue weighted by atomic mass is 10.1. The number of carbonyl (C=O) groups is 1. The number of halogens is 2. The van der Waals surface area contributed by atoms with Crippen molar-refractivity contribution in [2.24, 2.45) is 5.10 Å². The van der Waals surface area contributed by atoms with Gasteiger partial charge in [-0.2, -0.15) is 5.10 Å². The smallest absolute Gasteiger partial charge is 0.250 e. The number of aryl methyl sites for hydroxylation is 1. The Morgan fingerprint density at radius 2 is 1.56 bits per heavy atom. The number of hydrogen-bond acceptors (Lipinski definition) is 5. The molecule has 0 unspecified atom stereocenters. The maximum Gasteiger partial charge on any atom is 0.250 e. The molecule has 0 saturated heterocycles. The minimum Gasteiger partial charge on any atom is -0.272 e. The third-order valence-electron chi connectivity index (χ3n) is 4.97. The van der Waals surface area contributed by atoms with E-state index in [1.807, 2.05) is 79.1 Å². The largest absolute Gasteiger partial charge is 0.272 e. The summed E-state index contributed by atoms with van der Waals surface area (Å²) in [7, 11) is 0. The predicted octanol–water partition coefficient (Wildman–Crippen LogP) is 6.18. The average molecular weight is 510 g/mol. The van der Waals surface area contributed by atoms with Gasteiger partial charge in [0.15, 0.2) is 11.0 Å². The van der Waals surface area contributed by atoms with E-state index in [9.17, 15) is 4.79 Å². The maximum atomic E-state index is 12.5. The van der Waals surface area contributed by atoms with Crippen molar-refractivity contribution in [3.8, 4) is 17.1 Å². The molecule has 34 heavy (non-hydrogen) atoms. The standard InChI is InChI=1S/C25H21Cl2N5OS/c1-16-3-13-22(14-4-16)32-24(19-7-11-21(27)12-8-19)30-31-25(32)34-15-23(33)29-28-17(2)18-5-9-20(26)10-6-18/h3-14H,15H2,1-2H3,(H,29,33)/b28-17-. The second-order valence-corrected chi connectivity index (χ2v) is 9.33. The molecule has 4 aromatic rings. The van der Waals surface area contributed by atoms with Crippen molar-refractivity contribution in [1.82, 2.24) is 20.2 Å². The fourth-order valence-electron chi connectivity index (χ4n) is 3.14. The summed E-state index contributed by atoms with van der Waals surface area (Å²) in [5, 5.41) is 14.8. The zero-order valence-corrected chi connectivity index (χ0v) is 20.8. The molecule has 0 aliphatic carbocycles. The molecule has 0 fully saturated rings. The third kappa shape index (κ3) is 5.86. The number of hydrogen-bond donors (Lipinski definition) is 1. The molecule has 0 bridgehead atoms. The fourth-order valence-corrected chi connectivity index (χ4v) is 4.14. The summed E-state index contributed by atoms with van der Waals surface area (Å²) in [5.41, 5.74) is 7.08. The number of nitrogens with one attached hydrogen (secondary N) is 1. The van der Waals surface area contributed by atoms with E-state index in [4.69, 9.17) is 23.2 Å². The first-order valence-electron chi connectivity index (χ1n) is 10.4. The van der Waals surface area contributed by atoms with Crippen molar-refractivity contribution in [3.05, 3.63) is 94.0 Å². The van der Waals surface area contributed by atoms with Gasteiger partial charge in [0.1, 0.15) is 0 Å². The first-order valence-corrected chi connectivity index (χ1v) is 12.1. The molecule has 6 nitrogen and oxygen atoms in total. The van der Waals surface area contributed by atoms with Crippen LogP contribution in [0, 0.1) is 6.92 Å². The van der Waals surface area contributed by atoms with E-state index in [0.29, 0.717) is 26.7 Å². The summed E-state index contributed by atoms with van der Waals surface area (Å²) >= 11 is 13.3. The minimum atomic E-state index is -0.246. The van der Waals surface area contributed by atoms with E-state index in [1.54, 1.807) is 12.1 Å². The van der Waals surface area contributed by atoms with Crippen molar-refractivity contribution in [3.63, 3.8) is 0 Å². The molecular formula is C25H21Cl2N5OS. The van der Waals surface area contributed by atoms with Crippen LogP contribution in [0.25, 0.3) is 17.1 Å². The molecule has 0 saturated carbocycles. The van der Waals surface area contributed by atoms with Crippen molar-refractivity contribution in [2.75, 3.05) is 5.75 Å². The van der Waals surface area contributed by atoms with E-state index in [1.165, 1.54) is 11.8 Å². The van der Waals surface area contributed by atoms with Crippen LogP contribution >= 0.6 is 35.0 Å². The zero-order chi connectivity index (χ0) is 24.1. The summed E-state index contributed by atoms with van der Waals surface area (Å²) in [6, 6.07) is 22.7. The summed E-state index contributed by atoms with van der Waals surface area (Å²) < 4.78 is 1.93. The molecule has 0 aliphatic heterocycles. The molecule has 3 aromatic carbocycles. The maximum absolute atomic E-state index is 12.5.